The number of aromatic carboxylic acids is 1. The minimum Gasteiger partial charge on any atom is -0.545 e. The number of carboxylic acid groups (broad SMARTS) is 1. The molecule has 9 heteroatoms. The number of methoxy groups -OCH3 is 1. The first kappa shape index (κ1) is 24.2. The molecule has 0 radical (unpaired) electrons. The summed E-state index contributed by atoms with van der Waals surface area (Å²) >= 11 is 0. The van der Waals surface area contributed by atoms with Crippen molar-refractivity contribution in [3.63, 3.8) is 0 Å². The molecule has 3 aromatic rings. The number of carbonyl (C=O) groups excluding carboxylic acids is 4. The predicted octanol–water partition coefficient (Wildman–Crippen LogP) is 2.61. The van der Waals surface area contributed by atoms with E-state index in [4.69, 9.17) is 9.47 Å². The lowest BCUT2D eigenvalue weighted by Crippen LogP contribution is -2.54. The third-order valence-corrected chi connectivity index (χ3v) is 5.45. The fourth-order valence-corrected chi connectivity index (χ4v) is 3.59. The standard InChI is InChI=1S/C27H22N2O7/c1-16-6-9-20(10-7-16)29-25(31)21(24(30)28-27(29)34)13-17-8-11-22(23(14-17)35-2)36-15-18-4-3-5-19(12-18)26(32)33/h3-14H,15H2,1-2H3,(H,32,33)(H,28,30,34)/p-1/b21-13+. The minimum absolute atomic E-state index is 0.0404. The van der Waals surface area contributed by atoms with E-state index in [1.54, 1.807) is 54.6 Å². The quantitative estimate of drug-likeness (QED) is 0.403. The van der Waals surface area contributed by atoms with Crippen LogP contribution in [0.15, 0.2) is 72.3 Å². The SMILES string of the molecule is COc1cc(/C=C2\C(=O)NC(=O)N(c3ccc(C)cc3)C2=O)ccc1OCc1cccc(C(=O)[O-])c1. The van der Waals surface area contributed by atoms with Gasteiger partial charge in [-0.05, 0) is 60.0 Å². The molecule has 36 heavy (non-hydrogen) atoms. The Morgan fingerprint density at radius 1 is 1.00 bits per heavy atom. The highest BCUT2D eigenvalue weighted by molar-refractivity contribution is 6.39. The highest BCUT2D eigenvalue weighted by Gasteiger charge is 2.36. The fraction of sp³-hybridized carbons (Fsp3) is 0.111. The van der Waals surface area contributed by atoms with Crippen molar-refractivity contribution in [3.05, 3.63) is 94.6 Å². The van der Waals surface area contributed by atoms with Crippen molar-refractivity contribution in [1.29, 1.82) is 0 Å². The van der Waals surface area contributed by atoms with Gasteiger partial charge in [0.25, 0.3) is 11.8 Å². The Morgan fingerprint density at radius 3 is 2.44 bits per heavy atom. The van der Waals surface area contributed by atoms with Crippen molar-refractivity contribution in [2.75, 3.05) is 12.0 Å². The highest BCUT2D eigenvalue weighted by Crippen LogP contribution is 2.30. The highest BCUT2D eigenvalue weighted by atomic mass is 16.5. The number of carboxylic acids is 1. The summed E-state index contributed by atoms with van der Waals surface area (Å²) in [6.45, 7) is 1.95. The van der Waals surface area contributed by atoms with E-state index in [1.807, 2.05) is 6.92 Å². The normalized spacial score (nSPS) is 14.6. The van der Waals surface area contributed by atoms with Gasteiger partial charge in [0.1, 0.15) is 12.2 Å². The summed E-state index contributed by atoms with van der Waals surface area (Å²) in [5.74, 6) is -2.14. The monoisotopic (exact) mass is 485 g/mol. The Labute approximate surface area is 206 Å². The lowest BCUT2D eigenvalue weighted by atomic mass is 10.1. The number of benzene rings is 3. The van der Waals surface area contributed by atoms with E-state index < -0.39 is 23.8 Å². The zero-order valence-corrected chi connectivity index (χ0v) is 19.4. The number of anilines is 1. The number of rotatable bonds is 7. The molecule has 1 aliphatic heterocycles. The second-order valence-corrected chi connectivity index (χ2v) is 7.98. The van der Waals surface area contributed by atoms with Crippen molar-refractivity contribution in [1.82, 2.24) is 5.32 Å². The molecule has 0 aromatic heterocycles. The van der Waals surface area contributed by atoms with Crippen molar-refractivity contribution in [2.45, 2.75) is 13.5 Å². The molecule has 0 atom stereocenters. The van der Waals surface area contributed by atoms with Gasteiger partial charge in [-0.15, -0.1) is 0 Å². The van der Waals surface area contributed by atoms with Crippen LogP contribution in [0.3, 0.4) is 0 Å². The van der Waals surface area contributed by atoms with Crippen LogP contribution in [0.1, 0.15) is 27.0 Å². The van der Waals surface area contributed by atoms with E-state index in [2.05, 4.69) is 5.32 Å². The number of aryl methyl sites for hydroxylation is 1. The smallest absolute Gasteiger partial charge is 0.335 e. The van der Waals surface area contributed by atoms with E-state index in [-0.39, 0.29) is 17.7 Å². The fourth-order valence-electron chi connectivity index (χ4n) is 3.59. The van der Waals surface area contributed by atoms with E-state index in [9.17, 15) is 24.3 Å². The lowest BCUT2D eigenvalue weighted by Gasteiger charge is -2.26. The number of nitrogens with one attached hydrogen (secondary N) is 1. The van der Waals surface area contributed by atoms with Gasteiger partial charge in [0.2, 0.25) is 0 Å². The summed E-state index contributed by atoms with van der Waals surface area (Å²) in [5.41, 5.74) is 2.20. The second kappa shape index (κ2) is 10.1. The number of ether oxygens (including phenoxy) is 2. The number of hydrogen-bond acceptors (Lipinski definition) is 7. The molecule has 1 saturated heterocycles. The molecule has 3 aromatic carbocycles. The number of urea groups is 1. The summed E-state index contributed by atoms with van der Waals surface area (Å²) in [6.07, 6.45) is 1.36. The van der Waals surface area contributed by atoms with Crippen molar-refractivity contribution < 1.29 is 33.8 Å². The number of nitrogens with zero attached hydrogens (tertiary/aromatic N) is 1. The van der Waals surface area contributed by atoms with Gasteiger partial charge in [-0.1, -0.05) is 42.0 Å². The average Bonchev–Trinajstić information content (AvgIpc) is 2.86. The van der Waals surface area contributed by atoms with Gasteiger partial charge in [-0.25, -0.2) is 9.69 Å². The maximum absolute atomic E-state index is 13.1. The largest absolute Gasteiger partial charge is 0.545 e. The summed E-state index contributed by atoms with van der Waals surface area (Å²) < 4.78 is 11.2. The molecule has 0 bridgehead atoms. The maximum Gasteiger partial charge on any atom is 0.335 e. The molecule has 9 nitrogen and oxygen atoms in total. The number of hydrogen-bond donors (Lipinski definition) is 1. The number of barbiturate groups is 1. The maximum atomic E-state index is 13.1. The minimum atomic E-state index is -1.28. The Kier molecular flexibility index (Phi) is 6.82. The molecule has 1 heterocycles. The van der Waals surface area contributed by atoms with Crippen molar-refractivity contribution in [2.24, 2.45) is 0 Å². The van der Waals surface area contributed by atoms with Crippen LogP contribution in [-0.2, 0) is 16.2 Å². The molecular formula is C27H21N2O7-. The van der Waals surface area contributed by atoms with Crippen LogP contribution in [0.2, 0.25) is 0 Å². The first-order valence-electron chi connectivity index (χ1n) is 10.9. The van der Waals surface area contributed by atoms with Crippen LogP contribution in [0, 0.1) is 6.92 Å². The number of amides is 4. The first-order chi connectivity index (χ1) is 17.3. The summed E-state index contributed by atoms with van der Waals surface area (Å²) in [5, 5.41) is 13.2. The van der Waals surface area contributed by atoms with Crippen LogP contribution in [0.4, 0.5) is 10.5 Å². The summed E-state index contributed by atoms with van der Waals surface area (Å²) in [6, 6.07) is 16.9. The Hall–Kier alpha value is -4.92. The van der Waals surface area contributed by atoms with Gasteiger partial charge in [0.05, 0.1) is 18.8 Å². The molecule has 0 saturated carbocycles. The molecular weight excluding hydrogens is 464 g/mol. The van der Waals surface area contributed by atoms with Gasteiger partial charge in [-0.3, -0.25) is 14.9 Å². The van der Waals surface area contributed by atoms with Crippen LogP contribution >= 0.6 is 0 Å². The first-order valence-corrected chi connectivity index (χ1v) is 10.9. The van der Waals surface area contributed by atoms with Gasteiger partial charge in [-0.2, -0.15) is 0 Å². The van der Waals surface area contributed by atoms with Crippen LogP contribution in [-0.4, -0.2) is 30.9 Å². The Bertz CT molecular complexity index is 1390. The molecule has 1 fully saturated rings. The van der Waals surface area contributed by atoms with Crippen molar-refractivity contribution >= 4 is 35.6 Å². The van der Waals surface area contributed by atoms with Gasteiger partial charge in [0, 0.05) is 0 Å². The van der Waals surface area contributed by atoms with E-state index in [1.165, 1.54) is 25.3 Å². The Balaban J connectivity index is 1.57. The van der Waals surface area contributed by atoms with Crippen LogP contribution in [0.5, 0.6) is 11.5 Å². The predicted molar refractivity (Wildman–Crippen MR) is 128 cm³/mol. The zero-order chi connectivity index (χ0) is 25.8. The second-order valence-electron chi connectivity index (χ2n) is 7.98. The molecule has 0 unspecified atom stereocenters. The third-order valence-electron chi connectivity index (χ3n) is 5.45. The summed E-state index contributed by atoms with van der Waals surface area (Å²) in [4.78, 5) is 49.8. The topological polar surface area (TPSA) is 125 Å². The molecule has 4 amide bonds. The average molecular weight is 485 g/mol. The van der Waals surface area contributed by atoms with Crippen LogP contribution < -0.4 is 24.8 Å². The zero-order valence-electron chi connectivity index (χ0n) is 19.4. The lowest BCUT2D eigenvalue weighted by molar-refractivity contribution is -0.255. The molecule has 1 N–H and O–H groups in total. The van der Waals surface area contributed by atoms with Crippen molar-refractivity contribution in [3.8, 4) is 11.5 Å². The van der Waals surface area contributed by atoms with Gasteiger partial charge in [0.15, 0.2) is 11.5 Å². The molecule has 1 aliphatic rings. The van der Waals surface area contributed by atoms with Gasteiger partial charge < -0.3 is 19.4 Å². The molecule has 4 rings (SSSR count). The van der Waals surface area contributed by atoms with Gasteiger partial charge >= 0.3 is 6.03 Å². The number of imide groups is 2. The Morgan fingerprint density at radius 2 is 1.75 bits per heavy atom. The van der Waals surface area contributed by atoms with E-state index >= 15 is 0 Å². The molecule has 0 spiro atoms. The van der Waals surface area contributed by atoms with E-state index in [0.717, 1.165) is 10.5 Å². The van der Waals surface area contributed by atoms with Crippen LogP contribution in [0.25, 0.3) is 6.08 Å². The van der Waals surface area contributed by atoms with E-state index in [0.29, 0.717) is 28.3 Å². The third kappa shape index (κ3) is 5.10. The number of carbonyl (C=O) groups is 4. The molecule has 0 aliphatic carbocycles. The summed E-state index contributed by atoms with van der Waals surface area (Å²) in [7, 11) is 1.44. The molecule has 182 valence electrons.